The lowest BCUT2D eigenvalue weighted by Crippen LogP contribution is -2.20. The van der Waals surface area contributed by atoms with Gasteiger partial charge in [-0.2, -0.15) is 8.42 Å². The molecule has 1 aromatic carbocycles. The van der Waals surface area contributed by atoms with Gasteiger partial charge >= 0.3 is 24.7 Å². The van der Waals surface area contributed by atoms with E-state index < -0.39 is 41.2 Å². The zero-order chi connectivity index (χ0) is 16.3. The molecule has 0 saturated heterocycles. The lowest BCUT2D eigenvalue weighted by molar-refractivity contribution is -0.275. The zero-order valence-corrected chi connectivity index (χ0v) is 11.8. The van der Waals surface area contributed by atoms with Gasteiger partial charge in [-0.3, -0.25) is 4.57 Å². The molecular weight excluding hydrogens is 347 g/mol. The number of hydrogen-bond acceptors (Lipinski definition) is 7. The maximum absolute atomic E-state index is 13.5. The first-order chi connectivity index (χ1) is 9.57. The first-order valence-corrected chi connectivity index (χ1v) is 7.43. The summed E-state index contributed by atoms with van der Waals surface area (Å²) >= 11 is 0. The van der Waals surface area contributed by atoms with Crippen molar-refractivity contribution >= 4 is 18.4 Å². The molecule has 0 aromatic heterocycles. The number of ether oxygens (including phenoxy) is 1. The highest BCUT2D eigenvalue weighted by atomic mass is 32.2. The molecule has 1 unspecified atom stereocenters. The summed E-state index contributed by atoms with van der Waals surface area (Å²) in [5.41, 5.74) is 0. The van der Waals surface area contributed by atoms with Crippen molar-refractivity contribution in [2.24, 2.45) is 0 Å². The Balaban J connectivity index is 3.18. The summed E-state index contributed by atoms with van der Waals surface area (Å²) in [5.74, 6) is -2.96. The Labute approximate surface area is 116 Å². The molecule has 0 saturated carbocycles. The second-order valence-corrected chi connectivity index (χ2v) is 5.70. The van der Waals surface area contributed by atoms with Crippen LogP contribution in [-0.4, -0.2) is 21.9 Å². The van der Waals surface area contributed by atoms with E-state index in [4.69, 9.17) is 0 Å². The van der Waals surface area contributed by atoms with Gasteiger partial charge in [0.2, 0.25) is 0 Å². The van der Waals surface area contributed by atoms with Crippen LogP contribution in [-0.2, 0) is 28.2 Å². The highest BCUT2D eigenvalue weighted by molar-refractivity contribution is 7.86. The Morgan fingerprint density at radius 2 is 1.86 bits per heavy atom. The van der Waals surface area contributed by atoms with Crippen LogP contribution in [0.5, 0.6) is 5.75 Å². The molecule has 0 spiro atoms. The molecule has 13 heteroatoms. The summed E-state index contributed by atoms with van der Waals surface area (Å²) in [6, 6.07) is 1.89. The Kier molecular flexibility index (Phi) is 5.70. The quantitative estimate of drug-likeness (QED) is 0.335. The molecule has 0 aliphatic rings. The standard InChI is InChI=1S/C8H7F4O7PS/c1-16-20(13)18-19-21(14,15)7-5(9)3-2-4-6(7)17-8(10,11)12/h2-4,20H,1H3. The van der Waals surface area contributed by atoms with E-state index in [2.05, 4.69) is 18.3 Å². The average Bonchev–Trinajstić information content (AvgIpc) is 2.33. The van der Waals surface area contributed by atoms with Gasteiger partial charge in [-0.25, -0.2) is 4.39 Å². The third-order valence-corrected chi connectivity index (χ3v) is 3.58. The summed E-state index contributed by atoms with van der Waals surface area (Å²) in [6.45, 7) is 0. The molecule has 7 nitrogen and oxygen atoms in total. The molecule has 0 heterocycles. The Morgan fingerprint density at radius 1 is 1.24 bits per heavy atom. The second kappa shape index (κ2) is 6.71. The summed E-state index contributed by atoms with van der Waals surface area (Å²) in [5, 5.41) is 0. The number of alkyl halides is 3. The smallest absolute Gasteiger partial charge is 0.404 e. The monoisotopic (exact) mass is 354 g/mol. The highest BCUT2D eigenvalue weighted by Crippen LogP contribution is 2.34. The highest BCUT2D eigenvalue weighted by Gasteiger charge is 2.36. The van der Waals surface area contributed by atoms with Gasteiger partial charge in [-0.15, -0.1) is 17.8 Å². The molecule has 0 fully saturated rings. The fourth-order valence-corrected chi connectivity index (χ4v) is 2.46. The largest absolute Gasteiger partial charge is 0.573 e. The predicted molar refractivity (Wildman–Crippen MR) is 58.4 cm³/mol. The van der Waals surface area contributed by atoms with E-state index in [1.165, 1.54) is 0 Å². The Morgan fingerprint density at radius 3 is 2.38 bits per heavy atom. The SMILES string of the molecule is CO[PH](=O)OOS(=O)(=O)c1c(F)cccc1OC(F)(F)F. The molecule has 0 aliphatic carbocycles. The minimum absolute atomic E-state index is 0.548. The molecule has 0 N–H and O–H groups in total. The summed E-state index contributed by atoms with van der Waals surface area (Å²) in [7, 11) is -7.65. The van der Waals surface area contributed by atoms with Crippen molar-refractivity contribution in [3.05, 3.63) is 24.0 Å². The zero-order valence-electron chi connectivity index (χ0n) is 10.0. The lowest BCUT2D eigenvalue weighted by Gasteiger charge is -2.13. The molecule has 1 aromatic rings. The van der Waals surface area contributed by atoms with Crippen LogP contribution in [0, 0.1) is 5.82 Å². The lowest BCUT2D eigenvalue weighted by atomic mass is 10.3. The molecule has 0 aliphatic heterocycles. The van der Waals surface area contributed by atoms with Gasteiger partial charge in [0.1, 0.15) is 5.82 Å². The van der Waals surface area contributed by atoms with Crippen LogP contribution < -0.4 is 4.74 Å². The van der Waals surface area contributed by atoms with Gasteiger partial charge < -0.3 is 9.26 Å². The molecule has 21 heavy (non-hydrogen) atoms. The van der Waals surface area contributed by atoms with E-state index in [9.17, 15) is 30.5 Å². The van der Waals surface area contributed by atoms with Crippen LogP contribution >= 0.6 is 8.25 Å². The number of benzene rings is 1. The van der Waals surface area contributed by atoms with Gasteiger partial charge in [0.15, 0.2) is 10.6 Å². The van der Waals surface area contributed by atoms with Crippen LogP contribution in [0.25, 0.3) is 0 Å². The molecule has 1 atom stereocenters. The molecule has 0 radical (unpaired) electrons. The van der Waals surface area contributed by atoms with Crippen LogP contribution in [0.15, 0.2) is 23.1 Å². The second-order valence-electron chi connectivity index (χ2n) is 3.17. The number of rotatable bonds is 6. The molecule has 1 rings (SSSR count). The molecule has 0 bridgehead atoms. The normalized spacial score (nSPS) is 14.0. The van der Waals surface area contributed by atoms with E-state index >= 15 is 0 Å². The topological polar surface area (TPSA) is 88.1 Å². The van der Waals surface area contributed by atoms with Crippen molar-refractivity contribution in [3.63, 3.8) is 0 Å². The molecule has 0 amide bonds. The summed E-state index contributed by atoms with van der Waals surface area (Å²) < 4.78 is 98.6. The van der Waals surface area contributed by atoms with Crippen LogP contribution in [0.3, 0.4) is 0 Å². The van der Waals surface area contributed by atoms with Gasteiger partial charge in [0.25, 0.3) is 0 Å². The van der Waals surface area contributed by atoms with E-state index in [0.29, 0.717) is 12.1 Å². The van der Waals surface area contributed by atoms with Crippen molar-refractivity contribution in [2.45, 2.75) is 11.3 Å². The average molecular weight is 354 g/mol. The molecule has 120 valence electrons. The van der Waals surface area contributed by atoms with Crippen molar-refractivity contribution in [1.82, 2.24) is 0 Å². The Bertz CT molecular complexity index is 630. The van der Waals surface area contributed by atoms with Crippen LogP contribution in [0.2, 0.25) is 0 Å². The van der Waals surface area contributed by atoms with Crippen LogP contribution in [0.1, 0.15) is 0 Å². The van der Waals surface area contributed by atoms with Gasteiger partial charge in [-0.05, 0) is 12.1 Å². The van der Waals surface area contributed by atoms with E-state index in [-0.39, 0.29) is 0 Å². The third kappa shape index (κ3) is 5.25. The minimum Gasteiger partial charge on any atom is -0.404 e. The third-order valence-electron chi connectivity index (χ3n) is 1.76. The van der Waals surface area contributed by atoms with Gasteiger partial charge in [-0.1, -0.05) is 10.4 Å². The maximum Gasteiger partial charge on any atom is 0.573 e. The van der Waals surface area contributed by atoms with E-state index in [1.807, 2.05) is 0 Å². The number of halogens is 4. The van der Waals surface area contributed by atoms with E-state index in [1.54, 1.807) is 0 Å². The van der Waals surface area contributed by atoms with Crippen molar-refractivity contribution in [2.75, 3.05) is 7.11 Å². The number of hydrogen-bond donors (Lipinski definition) is 0. The first-order valence-electron chi connectivity index (χ1n) is 4.80. The fourth-order valence-electron chi connectivity index (χ4n) is 1.08. The van der Waals surface area contributed by atoms with Crippen molar-refractivity contribution in [3.8, 4) is 5.75 Å². The minimum atomic E-state index is -5.26. The summed E-state index contributed by atoms with van der Waals surface area (Å²) in [6.07, 6.45) is -5.26. The predicted octanol–water partition coefficient (Wildman–Crippen LogP) is 2.40. The maximum atomic E-state index is 13.5. The van der Waals surface area contributed by atoms with Crippen molar-refractivity contribution < 1.29 is 48.8 Å². The summed E-state index contributed by atoms with van der Waals surface area (Å²) in [4.78, 5) is -1.56. The van der Waals surface area contributed by atoms with Gasteiger partial charge in [0, 0.05) is 7.11 Å². The fraction of sp³-hybridized carbons (Fsp3) is 0.250. The van der Waals surface area contributed by atoms with E-state index in [0.717, 1.165) is 13.2 Å². The first kappa shape index (κ1) is 17.9. The Hall–Kier alpha value is -1.20. The van der Waals surface area contributed by atoms with Gasteiger partial charge in [0.05, 0.1) is 0 Å². The molecular formula is C8H7F4O7PS. The van der Waals surface area contributed by atoms with Crippen LogP contribution in [0.4, 0.5) is 17.6 Å². The van der Waals surface area contributed by atoms with Crippen molar-refractivity contribution in [1.29, 1.82) is 0 Å².